The molecule has 0 aromatic heterocycles. The van der Waals surface area contributed by atoms with E-state index in [4.69, 9.17) is 4.74 Å². The number of ether oxygens (including phenoxy) is 1. The lowest BCUT2D eigenvalue weighted by atomic mass is 10.2. The molecule has 1 saturated carbocycles. The summed E-state index contributed by atoms with van der Waals surface area (Å²) in [5.41, 5.74) is 0. The van der Waals surface area contributed by atoms with Gasteiger partial charge in [-0.25, -0.2) is 0 Å². The normalized spacial score (nSPS) is 27.6. The van der Waals surface area contributed by atoms with Crippen LogP contribution in [0.2, 0.25) is 0 Å². The average molecular weight is 281 g/mol. The van der Waals surface area contributed by atoms with Crippen LogP contribution in [0.25, 0.3) is 0 Å². The molecular formula is C14H23N3O3. The van der Waals surface area contributed by atoms with Gasteiger partial charge >= 0.3 is 0 Å². The van der Waals surface area contributed by atoms with Gasteiger partial charge in [-0.15, -0.1) is 0 Å². The van der Waals surface area contributed by atoms with Crippen molar-refractivity contribution in [3.8, 4) is 0 Å². The molecule has 0 radical (unpaired) electrons. The van der Waals surface area contributed by atoms with E-state index < -0.39 is 0 Å². The molecule has 0 bridgehead atoms. The van der Waals surface area contributed by atoms with Crippen LogP contribution in [0.15, 0.2) is 0 Å². The smallest absolute Gasteiger partial charge is 0.240 e. The summed E-state index contributed by atoms with van der Waals surface area (Å²) in [6, 6.07) is 0.275. The molecule has 1 N–H and O–H groups in total. The van der Waals surface area contributed by atoms with Crippen molar-refractivity contribution in [2.24, 2.45) is 0 Å². The Labute approximate surface area is 119 Å². The first-order valence-corrected chi connectivity index (χ1v) is 7.64. The number of carbonyl (C=O) groups excluding carboxylic acids is 2. The summed E-state index contributed by atoms with van der Waals surface area (Å²) in [5.74, 6) is 0.235. The second-order valence-corrected chi connectivity index (χ2v) is 5.91. The van der Waals surface area contributed by atoms with Gasteiger partial charge in [-0.2, -0.15) is 0 Å². The van der Waals surface area contributed by atoms with E-state index in [0.29, 0.717) is 38.9 Å². The van der Waals surface area contributed by atoms with Crippen molar-refractivity contribution >= 4 is 11.8 Å². The highest BCUT2D eigenvalue weighted by atomic mass is 16.5. The third kappa shape index (κ3) is 3.30. The summed E-state index contributed by atoms with van der Waals surface area (Å²) in [6.45, 7) is 3.81. The van der Waals surface area contributed by atoms with Gasteiger partial charge in [0.1, 0.15) is 0 Å². The van der Waals surface area contributed by atoms with E-state index in [9.17, 15) is 9.59 Å². The summed E-state index contributed by atoms with van der Waals surface area (Å²) in [5, 5.41) is 2.99. The van der Waals surface area contributed by atoms with E-state index in [1.807, 2.05) is 9.80 Å². The molecule has 0 aromatic carbocycles. The number of nitrogens with zero attached hydrogens (tertiary/aromatic N) is 2. The molecule has 0 spiro atoms. The van der Waals surface area contributed by atoms with Crippen LogP contribution in [-0.4, -0.2) is 73.1 Å². The molecule has 3 fully saturated rings. The quantitative estimate of drug-likeness (QED) is 0.761. The third-order valence-corrected chi connectivity index (χ3v) is 4.26. The van der Waals surface area contributed by atoms with Crippen LogP contribution in [0.3, 0.4) is 0 Å². The fraction of sp³-hybridized carbons (Fsp3) is 0.857. The summed E-state index contributed by atoms with van der Waals surface area (Å²) in [7, 11) is 0. The Kier molecular flexibility index (Phi) is 4.21. The van der Waals surface area contributed by atoms with Crippen LogP contribution >= 0.6 is 0 Å². The van der Waals surface area contributed by atoms with Gasteiger partial charge in [0.15, 0.2) is 0 Å². The zero-order valence-corrected chi connectivity index (χ0v) is 11.8. The molecule has 112 valence electrons. The summed E-state index contributed by atoms with van der Waals surface area (Å²) in [6.07, 6.45) is 4.06. The molecule has 20 heavy (non-hydrogen) atoms. The molecule has 1 aliphatic carbocycles. The molecule has 6 nitrogen and oxygen atoms in total. The monoisotopic (exact) mass is 281 g/mol. The number of hydrogen-bond acceptors (Lipinski definition) is 4. The lowest BCUT2D eigenvalue weighted by Crippen LogP contribution is -2.51. The van der Waals surface area contributed by atoms with Gasteiger partial charge in [0.2, 0.25) is 11.8 Å². The van der Waals surface area contributed by atoms with E-state index in [2.05, 4.69) is 5.32 Å². The Hall–Kier alpha value is -1.14. The lowest BCUT2D eigenvalue weighted by Gasteiger charge is -2.32. The molecule has 6 heteroatoms. The predicted octanol–water partition coefficient (Wildman–Crippen LogP) is -0.412. The maximum absolute atomic E-state index is 12.5. The first-order valence-electron chi connectivity index (χ1n) is 7.64. The molecular weight excluding hydrogens is 258 g/mol. The SMILES string of the molecule is O=C(CN1CCC[C@@H]1C(=O)N1CCOCC1)NC1CC1. The van der Waals surface area contributed by atoms with Gasteiger partial charge in [-0.3, -0.25) is 14.5 Å². The molecule has 2 saturated heterocycles. The second-order valence-electron chi connectivity index (χ2n) is 5.91. The van der Waals surface area contributed by atoms with E-state index in [-0.39, 0.29) is 17.9 Å². The topological polar surface area (TPSA) is 61.9 Å². The van der Waals surface area contributed by atoms with E-state index >= 15 is 0 Å². The van der Waals surface area contributed by atoms with Crippen molar-refractivity contribution in [1.29, 1.82) is 0 Å². The summed E-state index contributed by atoms with van der Waals surface area (Å²) in [4.78, 5) is 28.3. The van der Waals surface area contributed by atoms with Gasteiger partial charge in [0, 0.05) is 19.1 Å². The van der Waals surface area contributed by atoms with Gasteiger partial charge in [0.05, 0.1) is 25.8 Å². The van der Waals surface area contributed by atoms with E-state index in [1.165, 1.54) is 0 Å². The zero-order valence-electron chi connectivity index (χ0n) is 11.8. The van der Waals surface area contributed by atoms with Gasteiger partial charge in [-0.05, 0) is 32.2 Å². The zero-order chi connectivity index (χ0) is 13.9. The largest absolute Gasteiger partial charge is 0.378 e. The molecule has 1 atom stereocenters. The molecule has 2 heterocycles. The summed E-state index contributed by atoms with van der Waals surface area (Å²) < 4.78 is 5.28. The first kappa shape index (κ1) is 13.8. The van der Waals surface area contributed by atoms with Crippen molar-refractivity contribution in [3.05, 3.63) is 0 Å². The van der Waals surface area contributed by atoms with Crippen LogP contribution in [0.5, 0.6) is 0 Å². The van der Waals surface area contributed by atoms with Crippen LogP contribution in [0.4, 0.5) is 0 Å². The minimum Gasteiger partial charge on any atom is -0.378 e. The molecule has 3 aliphatic rings. The lowest BCUT2D eigenvalue weighted by molar-refractivity contribution is -0.140. The molecule has 3 rings (SSSR count). The van der Waals surface area contributed by atoms with Crippen molar-refractivity contribution in [2.75, 3.05) is 39.4 Å². The van der Waals surface area contributed by atoms with Crippen LogP contribution in [-0.2, 0) is 14.3 Å². The number of nitrogens with one attached hydrogen (secondary N) is 1. The Morgan fingerprint density at radius 2 is 1.85 bits per heavy atom. The standard InChI is InChI=1S/C14H23N3O3/c18-13(15-11-3-4-11)10-17-5-1-2-12(17)14(19)16-6-8-20-9-7-16/h11-12H,1-10H2,(H,15,18)/t12-/m1/s1. The van der Waals surface area contributed by atoms with Crippen LogP contribution in [0, 0.1) is 0 Å². The minimum absolute atomic E-state index is 0.0641. The highest BCUT2D eigenvalue weighted by molar-refractivity contribution is 5.84. The Morgan fingerprint density at radius 3 is 2.55 bits per heavy atom. The number of morpholine rings is 1. The highest BCUT2D eigenvalue weighted by Crippen LogP contribution is 2.21. The number of amides is 2. The first-order chi connectivity index (χ1) is 9.74. The van der Waals surface area contributed by atoms with Gasteiger partial charge in [0.25, 0.3) is 0 Å². The van der Waals surface area contributed by atoms with Crippen molar-refractivity contribution in [3.63, 3.8) is 0 Å². The van der Waals surface area contributed by atoms with Crippen molar-refractivity contribution in [1.82, 2.24) is 15.1 Å². The Morgan fingerprint density at radius 1 is 1.10 bits per heavy atom. The van der Waals surface area contributed by atoms with Crippen molar-refractivity contribution < 1.29 is 14.3 Å². The molecule has 0 aromatic rings. The average Bonchev–Trinajstić information content (AvgIpc) is 3.15. The minimum atomic E-state index is -0.113. The molecule has 2 aliphatic heterocycles. The number of hydrogen-bond donors (Lipinski definition) is 1. The molecule has 0 unspecified atom stereocenters. The maximum atomic E-state index is 12.5. The van der Waals surface area contributed by atoms with E-state index in [1.54, 1.807) is 0 Å². The fourth-order valence-electron chi connectivity index (χ4n) is 2.97. The van der Waals surface area contributed by atoms with Crippen molar-refractivity contribution in [2.45, 2.75) is 37.8 Å². The van der Waals surface area contributed by atoms with Gasteiger partial charge in [-0.1, -0.05) is 0 Å². The van der Waals surface area contributed by atoms with Crippen LogP contribution in [0.1, 0.15) is 25.7 Å². The van der Waals surface area contributed by atoms with E-state index in [0.717, 1.165) is 32.2 Å². The molecule has 2 amide bonds. The fourth-order valence-corrected chi connectivity index (χ4v) is 2.97. The number of likely N-dealkylation sites (tertiary alicyclic amines) is 1. The Bertz CT molecular complexity index is 378. The number of carbonyl (C=O) groups is 2. The van der Waals surface area contributed by atoms with Crippen LogP contribution < -0.4 is 5.32 Å². The summed E-state index contributed by atoms with van der Waals surface area (Å²) >= 11 is 0. The second kappa shape index (κ2) is 6.10. The maximum Gasteiger partial charge on any atom is 0.240 e. The number of rotatable bonds is 4. The predicted molar refractivity (Wildman–Crippen MR) is 73.2 cm³/mol. The van der Waals surface area contributed by atoms with Gasteiger partial charge < -0.3 is 15.0 Å². The Balaban J connectivity index is 1.53. The third-order valence-electron chi connectivity index (χ3n) is 4.26. The highest BCUT2D eigenvalue weighted by Gasteiger charge is 2.35.